The molecule has 0 aromatic heterocycles. The number of fused-ring (bicyclic) bond motifs is 3. The lowest BCUT2D eigenvalue weighted by Gasteiger charge is -2.27. The molecule has 2 amide bonds. The van der Waals surface area contributed by atoms with Crippen LogP contribution in [0.15, 0.2) is 24.3 Å². The Morgan fingerprint density at radius 1 is 1.35 bits per heavy atom. The summed E-state index contributed by atoms with van der Waals surface area (Å²) >= 11 is 0. The van der Waals surface area contributed by atoms with Gasteiger partial charge in [-0.25, -0.2) is 4.79 Å². The molecule has 1 saturated heterocycles. The number of hydrogen-bond acceptors (Lipinski definition) is 2. The molecule has 1 aromatic carbocycles. The fraction of sp³-hybridized carbons (Fsp3) is 0.333. The molecule has 0 saturated carbocycles. The topological polar surface area (TPSA) is 69.6 Å². The smallest absolute Gasteiger partial charge is 0.407 e. The van der Waals surface area contributed by atoms with Crippen molar-refractivity contribution in [2.45, 2.75) is 12.0 Å². The van der Waals surface area contributed by atoms with Crippen molar-refractivity contribution in [1.29, 1.82) is 0 Å². The first kappa shape index (κ1) is 10.1. The molecule has 2 atom stereocenters. The van der Waals surface area contributed by atoms with Gasteiger partial charge in [0, 0.05) is 24.6 Å². The molecule has 3 rings (SSSR count). The number of nitrogens with one attached hydrogen (secondary N) is 1. The molecule has 0 aliphatic carbocycles. The average molecular weight is 232 g/mol. The van der Waals surface area contributed by atoms with Gasteiger partial charge in [0.1, 0.15) is 0 Å². The highest BCUT2D eigenvalue weighted by Crippen LogP contribution is 2.33. The number of rotatable bonds is 0. The van der Waals surface area contributed by atoms with Gasteiger partial charge in [-0.2, -0.15) is 0 Å². The fourth-order valence-corrected chi connectivity index (χ4v) is 2.69. The van der Waals surface area contributed by atoms with Crippen LogP contribution in [0.25, 0.3) is 0 Å². The van der Waals surface area contributed by atoms with Gasteiger partial charge in [0.2, 0.25) is 0 Å². The first-order chi connectivity index (χ1) is 8.16. The highest BCUT2D eigenvalue weighted by molar-refractivity contribution is 5.97. The van der Waals surface area contributed by atoms with Crippen LogP contribution in [0.5, 0.6) is 0 Å². The minimum absolute atomic E-state index is 0.0833. The Morgan fingerprint density at radius 3 is 2.88 bits per heavy atom. The lowest BCUT2D eigenvalue weighted by Crippen LogP contribution is -2.44. The standard InChI is InChI=1S/C12H12N2O3/c15-11-8-4-2-1-3-7(8)9-5-14(12(16)17)6-10(9)13-11/h1-4,9-10H,5-6H2,(H,13,15)(H,16,17). The van der Waals surface area contributed by atoms with Gasteiger partial charge in [0.15, 0.2) is 0 Å². The van der Waals surface area contributed by atoms with E-state index in [0.717, 1.165) is 5.56 Å². The molecule has 0 spiro atoms. The summed E-state index contributed by atoms with van der Waals surface area (Å²) in [6.07, 6.45) is -0.925. The van der Waals surface area contributed by atoms with Crippen molar-refractivity contribution in [3.05, 3.63) is 35.4 Å². The van der Waals surface area contributed by atoms with Crippen LogP contribution in [-0.2, 0) is 0 Å². The Morgan fingerprint density at radius 2 is 2.12 bits per heavy atom. The van der Waals surface area contributed by atoms with Gasteiger partial charge in [-0.1, -0.05) is 18.2 Å². The second-order valence-electron chi connectivity index (χ2n) is 4.46. The zero-order valence-electron chi connectivity index (χ0n) is 9.09. The first-order valence-electron chi connectivity index (χ1n) is 5.54. The van der Waals surface area contributed by atoms with E-state index in [9.17, 15) is 9.59 Å². The summed E-state index contributed by atoms with van der Waals surface area (Å²) in [5.41, 5.74) is 1.63. The van der Waals surface area contributed by atoms with Crippen LogP contribution in [0, 0.1) is 0 Å². The fourth-order valence-electron chi connectivity index (χ4n) is 2.69. The van der Waals surface area contributed by atoms with Crippen LogP contribution < -0.4 is 5.32 Å². The summed E-state index contributed by atoms with van der Waals surface area (Å²) in [7, 11) is 0. The van der Waals surface area contributed by atoms with E-state index in [4.69, 9.17) is 5.11 Å². The van der Waals surface area contributed by atoms with Gasteiger partial charge in [-0.05, 0) is 11.6 Å². The molecular formula is C12H12N2O3. The molecule has 1 aromatic rings. The number of carboxylic acid groups (broad SMARTS) is 1. The van der Waals surface area contributed by atoms with Crippen molar-refractivity contribution in [3.63, 3.8) is 0 Å². The van der Waals surface area contributed by atoms with Crippen LogP contribution in [-0.4, -0.2) is 41.1 Å². The number of carbonyl (C=O) groups is 2. The van der Waals surface area contributed by atoms with Gasteiger partial charge in [-0.3, -0.25) is 4.79 Å². The molecule has 2 aliphatic heterocycles. The third-order valence-electron chi connectivity index (χ3n) is 3.51. The van der Waals surface area contributed by atoms with Gasteiger partial charge in [0.05, 0.1) is 6.04 Å². The predicted molar refractivity (Wildman–Crippen MR) is 60.0 cm³/mol. The molecule has 0 bridgehead atoms. The van der Waals surface area contributed by atoms with E-state index in [0.29, 0.717) is 18.7 Å². The van der Waals surface area contributed by atoms with E-state index < -0.39 is 6.09 Å². The Balaban J connectivity index is 2.00. The minimum Gasteiger partial charge on any atom is -0.465 e. The number of nitrogens with zero attached hydrogens (tertiary/aromatic N) is 1. The zero-order valence-corrected chi connectivity index (χ0v) is 9.09. The van der Waals surface area contributed by atoms with Crippen LogP contribution in [0.3, 0.4) is 0 Å². The molecule has 1 fully saturated rings. The molecule has 17 heavy (non-hydrogen) atoms. The van der Waals surface area contributed by atoms with Crippen molar-refractivity contribution in [1.82, 2.24) is 10.2 Å². The maximum Gasteiger partial charge on any atom is 0.407 e. The third-order valence-corrected chi connectivity index (χ3v) is 3.51. The summed E-state index contributed by atoms with van der Waals surface area (Å²) < 4.78 is 0. The number of amides is 2. The van der Waals surface area contributed by atoms with Gasteiger partial charge in [0.25, 0.3) is 5.91 Å². The molecule has 0 radical (unpaired) electrons. The lowest BCUT2D eigenvalue weighted by molar-refractivity contribution is 0.0921. The van der Waals surface area contributed by atoms with E-state index in [1.54, 1.807) is 6.07 Å². The number of carbonyl (C=O) groups excluding carboxylic acids is 1. The highest BCUT2D eigenvalue weighted by Gasteiger charge is 2.41. The minimum atomic E-state index is -0.925. The van der Waals surface area contributed by atoms with Crippen molar-refractivity contribution in [3.8, 4) is 0 Å². The summed E-state index contributed by atoms with van der Waals surface area (Å²) in [6, 6.07) is 7.32. The number of likely N-dealkylation sites (tertiary alicyclic amines) is 1. The predicted octanol–water partition coefficient (Wildman–Crippen LogP) is 0.876. The molecule has 5 nitrogen and oxygen atoms in total. The SMILES string of the molecule is O=C1NC2CN(C(=O)O)CC2c2ccccc21. The Labute approximate surface area is 98.0 Å². The summed E-state index contributed by atoms with van der Waals surface area (Å²) in [5.74, 6) is -0.0194. The third kappa shape index (κ3) is 1.46. The molecule has 2 unspecified atom stereocenters. The Hall–Kier alpha value is -2.04. The summed E-state index contributed by atoms with van der Waals surface area (Å²) in [5, 5.41) is 11.9. The van der Waals surface area contributed by atoms with Crippen molar-refractivity contribution < 1.29 is 14.7 Å². The van der Waals surface area contributed by atoms with E-state index in [2.05, 4.69) is 5.32 Å². The zero-order chi connectivity index (χ0) is 12.0. The first-order valence-corrected chi connectivity index (χ1v) is 5.54. The van der Waals surface area contributed by atoms with Crippen LogP contribution in [0.4, 0.5) is 4.79 Å². The van der Waals surface area contributed by atoms with E-state index >= 15 is 0 Å². The van der Waals surface area contributed by atoms with Crippen LogP contribution in [0.2, 0.25) is 0 Å². The molecule has 5 heteroatoms. The number of hydrogen-bond donors (Lipinski definition) is 2. The van der Waals surface area contributed by atoms with E-state index in [1.165, 1.54) is 4.90 Å². The van der Waals surface area contributed by atoms with Crippen LogP contribution in [0.1, 0.15) is 21.8 Å². The number of benzene rings is 1. The van der Waals surface area contributed by atoms with Crippen molar-refractivity contribution >= 4 is 12.0 Å². The molecular weight excluding hydrogens is 220 g/mol. The maximum absolute atomic E-state index is 11.8. The molecule has 2 N–H and O–H groups in total. The highest BCUT2D eigenvalue weighted by atomic mass is 16.4. The Kier molecular flexibility index (Phi) is 2.07. The van der Waals surface area contributed by atoms with Gasteiger partial charge < -0.3 is 15.3 Å². The van der Waals surface area contributed by atoms with E-state index in [1.807, 2.05) is 18.2 Å². The normalized spacial score (nSPS) is 26.1. The molecule has 88 valence electrons. The van der Waals surface area contributed by atoms with Gasteiger partial charge >= 0.3 is 6.09 Å². The van der Waals surface area contributed by atoms with Crippen LogP contribution >= 0.6 is 0 Å². The van der Waals surface area contributed by atoms with Crippen molar-refractivity contribution in [2.24, 2.45) is 0 Å². The second kappa shape index (κ2) is 3.48. The average Bonchev–Trinajstić information content (AvgIpc) is 2.73. The monoisotopic (exact) mass is 232 g/mol. The Bertz CT molecular complexity index is 500. The summed E-state index contributed by atoms with van der Waals surface area (Å²) in [4.78, 5) is 24.1. The van der Waals surface area contributed by atoms with E-state index in [-0.39, 0.29) is 17.9 Å². The lowest BCUT2D eigenvalue weighted by atomic mass is 9.86. The molecule has 2 heterocycles. The van der Waals surface area contributed by atoms with Crippen molar-refractivity contribution in [2.75, 3.05) is 13.1 Å². The second-order valence-corrected chi connectivity index (χ2v) is 4.46. The molecule has 2 aliphatic rings. The largest absolute Gasteiger partial charge is 0.465 e. The maximum atomic E-state index is 11.8. The quantitative estimate of drug-likeness (QED) is 0.697. The van der Waals surface area contributed by atoms with Gasteiger partial charge in [-0.15, -0.1) is 0 Å². The summed E-state index contributed by atoms with van der Waals surface area (Å²) in [6.45, 7) is 0.831.